The molecule has 0 fully saturated rings. The maximum atomic E-state index is 5.57. The van der Waals surface area contributed by atoms with E-state index in [4.69, 9.17) is 9.97 Å². The number of benzene rings is 6. The fourth-order valence-electron chi connectivity index (χ4n) is 12.1. The molecule has 0 aliphatic heterocycles. The van der Waals surface area contributed by atoms with Gasteiger partial charge in [0.1, 0.15) is 0 Å². The molecule has 0 saturated heterocycles. The predicted octanol–water partition coefficient (Wildman–Crippen LogP) is 23.3. The third kappa shape index (κ3) is 16.4. The van der Waals surface area contributed by atoms with Crippen molar-refractivity contribution in [2.45, 2.75) is 221 Å². The van der Waals surface area contributed by atoms with Gasteiger partial charge in [-0.25, -0.2) is 4.98 Å². The van der Waals surface area contributed by atoms with E-state index in [0.717, 1.165) is 53.2 Å². The maximum absolute atomic E-state index is 5.57. The van der Waals surface area contributed by atoms with Crippen molar-refractivity contribution in [3.63, 3.8) is 0 Å². The SMILES string of the molecule is CCCCCCCCc1cc(-c2cc(-c3ccc4ccc5cccnc5c4n3)cc(-c3cc(CCCCCCCC)c(-c4ccc(-c5ccc(C)cc5)cc4)cc3CCCCCCCC)c2)c(CCCCCCCC)cc1C. The molecule has 0 saturated carbocycles. The van der Waals surface area contributed by atoms with Gasteiger partial charge in [-0.2, -0.15) is 0 Å². The molecule has 8 rings (SSSR count). The molecule has 2 aromatic heterocycles. The van der Waals surface area contributed by atoms with Gasteiger partial charge in [-0.3, -0.25) is 4.98 Å². The normalized spacial score (nSPS) is 11.6. The number of aromatic nitrogens is 2. The Morgan fingerprint density at radius 2 is 0.692 bits per heavy atom. The molecule has 2 heterocycles. The second-order valence-electron chi connectivity index (χ2n) is 23.3. The van der Waals surface area contributed by atoms with E-state index >= 15 is 0 Å². The first-order valence-electron chi connectivity index (χ1n) is 31.6. The van der Waals surface area contributed by atoms with Gasteiger partial charge in [-0.15, -0.1) is 0 Å². The van der Waals surface area contributed by atoms with E-state index in [2.05, 4.69) is 163 Å². The highest BCUT2D eigenvalue weighted by Gasteiger charge is 2.19. The quantitative estimate of drug-likeness (QED) is 0.0303. The van der Waals surface area contributed by atoms with Crippen LogP contribution >= 0.6 is 0 Å². The van der Waals surface area contributed by atoms with E-state index in [0.29, 0.717) is 0 Å². The van der Waals surface area contributed by atoms with Gasteiger partial charge in [-0.1, -0.05) is 259 Å². The van der Waals surface area contributed by atoms with Crippen molar-refractivity contribution < 1.29 is 0 Å². The van der Waals surface area contributed by atoms with E-state index in [1.165, 1.54) is 238 Å². The first-order chi connectivity index (χ1) is 38.4. The lowest BCUT2D eigenvalue weighted by molar-refractivity contribution is 0.605. The Morgan fingerprint density at radius 1 is 0.308 bits per heavy atom. The highest BCUT2D eigenvalue weighted by Crippen LogP contribution is 2.41. The highest BCUT2D eigenvalue weighted by molar-refractivity contribution is 6.03. The van der Waals surface area contributed by atoms with Crippen LogP contribution in [0.5, 0.6) is 0 Å². The summed E-state index contributed by atoms with van der Waals surface area (Å²) < 4.78 is 0. The summed E-state index contributed by atoms with van der Waals surface area (Å²) in [5.74, 6) is 0. The number of unbranched alkanes of at least 4 members (excludes halogenated alkanes) is 20. The second kappa shape index (κ2) is 31.1. The Morgan fingerprint density at radius 3 is 1.21 bits per heavy atom. The number of aryl methyl sites for hydroxylation is 6. The fourth-order valence-corrected chi connectivity index (χ4v) is 12.1. The number of nitrogens with zero attached hydrogens (tertiary/aromatic N) is 2. The molecule has 0 N–H and O–H groups in total. The minimum Gasteiger partial charge on any atom is -0.254 e. The van der Waals surface area contributed by atoms with Crippen molar-refractivity contribution in [2.24, 2.45) is 0 Å². The van der Waals surface area contributed by atoms with Crippen molar-refractivity contribution >= 4 is 21.8 Å². The lowest BCUT2D eigenvalue weighted by Crippen LogP contribution is -2.01. The summed E-state index contributed by atoms with van der Waals surface area (Å²) in [5.41, 5.74) is 23.6. The van der Waals surface area contributed by atoms with Gasteiger partial charge in [0.2, 0.25) is 0 Å². The summed E-state index contributed by atoms with van der Waals surface area (Å²) in [6.45, 7) is 13.9. The lowest BCUT2D eigenvalue weighted by Gasteiger charge is -2.21. The van der Waals surface area contributed by atoms with Crippen LogP contribution in [0.4, 0.5) is 0 Å². The summed E-state index contributed by atoms with van der Waals surface area (Å²) in [7, 11) is 0. The average Bonchev–Trinajstić information content (AvgIpc) is 3.54. The van der Waals surface area contributed by atoms with Crippen LogP contribution in [0.25, 0.3) is 77.6 Å². The zero-order valence-corrected chi connectivity index (χ0v) is 49.4. The largest absolute Gasteiger partial charge is 0.254 e. The van der Waals surface area contributed by atoms with Gasteiger partial charge < -0.3 is 0 Å². The summed E-state index contributed by atoms with van der Waals surface area (Å²) in [6.07, 6.45) is 37.4. The van der Waals surface area contributed by atoms with Crippen molar-refractivity contribution in [2.75, 3.05) is 0 Å². The van der Waals surface area contributed by atoms with Gasteiger partial charge in [-0.05, 0) is 168 Å². The molecule has 0 aliphatic carbocycles. The van der Waals surface area contributed by atoms with Crippen LogP contribution in [0.1, 0.15) is 215 Å². The molecule has 78 heavy (non-hydrogen) atoms. The van der Waals surface area contributed by atoms with Crippen molar-refractivity contribution in [1.29, 1.82) is 0 Å². The maximum Gasteiger partial charge on any atom is 0.0972 e. The Balaban J connectivity index is 1.31. The van der Waals surface area contributed by atoms with E-state index in [1.807, 2.05) is 12.3 Å². The topological polar surface area (TPSA) is 25.8 Å². The van der Waals surface area contributed by atoms with Gasteiger partial charge in [0.05, 0.1) is 16.7 Å². The number of pyridine rings is 2. The Labute approximate surface area is 473 Å². The van der Waals surface area contributed by atoms with E-state index in [9.17, 15) is 0 Å². The van der Waals surface area contributed by atoms with Crippen LogP contribution < -0.4 is 0 Å². The number of hydrogen-bond acceptors (Lipinski definition) is 2. The van der Waals surface area contributed by atoms with Crippen LogP contribution in [-0.4, -0.2) is 9.97 Å². The summed E-state index contributed by atoms with van der Waals surface area (Å²) in [4.78, 5) is 10.5. The zero-order chi connectivity index (χ0) is 54.3. The molecule has 6 aromatic carbocycles. The third-order valence-corrected chi connectivity index (χ3v) is 17.0. The van der Waals surface area contributed by atoms with Crippen molar-refractivity contribution in [3.05, 3.63) is 167 Å². The molecule has 0 atom stereocenters. The van der Waals surface area contributed by atoms with Gasteiger partial charge in [0.25, 0.3) is 0 Å². The minimum atomic E-state index is 0.968. The van der Waals surface area contributed by atoms with Crippen LogP contribution in [0, 0.1) is 13.8 Å². The molecule has 8 aromatic rings. The van der Waals surface area contributed by atoms with Crippen molar-refractivity contribution in [1.82, 2.24) is 9.97 Å². The molecule has 0 unspecified atom stereocenters. The summed E-state index contributed by atoms with van der Waals surface area (Å²) in [6, 6.07) is 49.7. The van der Waals surface area contributed by atoms with Crippen LogP contribution in [0.15, 0.2) is 134 Å². The molecule has 2 nitrogen and oxygen atoms in total. The number of rotatable bonds is 33. The molecule has 0 spiro atoms. The second-order valence-corrected chi connectivity index (χ2v) is 23.3. The summed E-state index contributed by atoms with van der Waals surface area (Å²) >= 11 is 0. The van der Waals surface area contributed by atoms with Crippen LogP contribution in [-0.2, 0) is 25.7 Å². The zero-order valence-electron chi connectivity index (χ0n) is 49.4. The first kappa shape index (κ1) is 58.3. The monoisotopic (exact) mass is 1040 g/mol. The third-order valence-electron chi connectivity index (χ3n) is 17.0. The smallest absolute Gasteiger partial charge is 0.0972 e. The standard InChI is InChI=1S/C76H96N2/c1-7-11-15-19-23-27-32-64-54-72(65(50-58(64)6)33-28-24-20-16-12-8-2)68-51-69(53-70(52-68)74-48-47-63-46-45-62-36-31-49-77-75(62)76(63)78-74)73-56-66(34-29-25-21-17-13-9-3)71(55-67(73)35-30-26-22-18-14-10-4)61-43-41-60(42-44-61)59-39-37-57(5)38-40-59/h31,36-56H,7-30,32-35H2,1-6H3. The Bertz CT molecular complexity index is 3080. The molecule has 0 aliphatic rings. The molecule has 0 bridgehead atoms. The molecule has 2 heteroatoms. The number of hydrogen-bond donors (Lipinski definition) is 0. The van der Waals surface area contributed by atoms with Gasteiger partial charge in [0, 0.05) is 22.5 Å². The molecular weight excluding hydrogens is 941 g/mol. The van der Waals surface area contributed by atoms with E-state index in [-0.39, 0.29) is 0 Å². The number of fused-ring (bicyclic) bond motifs is 3. The average molecular weight is 1040 g/mol. The van der Waals surface area contributed by atoms with Gasteiger partial charge in [0.15, 0.2) is 0 Å². The van der Waals surface area contributed by atoms with Crippen molar-refractivity contribution in [3.8, 4) is 55.8 Å². The van der Waals surface area contributed by atoms with Crippen LogP contribution in [0.3, 0.4) is 0 Å². The molecule has 0 amide bonds. The van der Waals surface area contributed by atoms with E-state index in [1.54, 1.807) is 0 Å². The Hall–Kier alpha value is -5.86. The van der Waals surface area contributed by atoms with Crippen LogP contribution in [0.2, 0.25) is 0 Å². The molecule has 410 valence electrons. The predicted molar refractivity (Wildman–Crippen MR) is 342 cm³/mol. The highest BCUT2D eigenvalue weighted by atomic mass is 14.8. The van der Waals surface area contributed by atoms with Gasteiger partial charge >= 0.3 is 0 Å². The lowest BCUT2D eigenvalue weighted by atomic mass is 9.84. The fraction of sp³-hybridized carbons (Fsp3) is 0.447. The first-order valence-corrected chi connectivity index (χ1v) is 31.6. The Kier molecular flexibility index (Phi) is 23.2. The van der Waals surface area contributed by atoms with E-state index < -0.39 is 0 Å². The minimum absolute atomic E-state index is 0.968. The summed E-state index contributed by atoms with van der Waals surface area (Å²) in [5, 5.41) is 2.26. The molecular formula is C76H96N2. The molecule has 0 radical (unpaired) electrons.